The van der Waals surface area contributed by atoms with Gasteiger partial charge in [-0.1, -0.05) is 32.1 Å². The van der Waals surface area contributed by atoms with E-state index in [0.717, 1.165) is 43.4 Å². The molecule has 0 aromatic carbocycles. The van der Waals surface area contributed by atoms with Gasteiger partial charge in [0.05, 0.1) is 11.8 Å². The number of ether oxygens (including phenoxy) is 1. The molecule has 0 radical (unpaired) electrons. The van der Waals surface area contributed by atoms with Crippen molar-refractivity contribution in [1.82, 2.24) is 9.80 Å². The molecule has 0 aromatic heterocycles. The van der Waals surface area contributed by atoms with Crippen LogP contribution in [0.2, 0.25) is 0 Å². The topological polar surface area (TPSA) is 84.0 Å². The molecular weight excluding hydrogens is 336 g/mol. The molecule has 3 amide bonds. The van der Waals surface area contributed by atoms with Crippen LogP contribution in [0.4, 0.5) is 0 Å². The Bertz CT molecular complexity index is 544. The number of carbonyl (C=O) groups excluding carboxylic acids is 4. The fourth-order valence-electron chi connectivity index (χ4n) is 4.29. The third-order valence-corrected chi connectivity index (χ3v) is 5.79. The van der Waals surface area contributed by atoms with Gasteiger partial charge in [-0.3, -0.25) is 24.1 Å². The minimum Gasteiger partial charge on any atom is -0.454 e. The highest BCUT2D eigenvalue weighted by Gasteiger charge is 2.48. The summed E-state index contributed by atoms with van der Waals surface area (Å²) in [6, 6.07) is 0. The van der Waals surface area contributed by atoms with Crippen molar-refractivity contribution in [2.24, 2.45) is 11.8 Å². The molecule has 0 aromatic rings. The lowest BCUT2D eigenvalue weighted by Gasteiger charge is -2.24. The van der Waals surface area contributed by atoms with Crippen LogP contribution in [0.1, 0.15) is 57.8 Å². The third-order valence-electron chi connectivity index (χ3n) is 5.79. The Kier molecular flexibility index (Phi) is 6.27. The van der Waals surface area contributed by atoms with Crippen molar-refractivity contribution >= 4 is 23.7 Å². The predicted molar refractivity (Wildman–Crippen MR) is 92.8 cm³/mol. The molecule has 1 aliphatic carbocycles. The lowest BCUT2D eigenvalue weighted by atomic mass is 9.81. The maximum Gasteiger partial charge on any atom is 0.326 e. The molecule has 7 heteroatoms. The normalized spacial score (nSPS) is 26.9. The number of rotatable bonds is 4. The lowest BCUT2D eigenvalue weighted by molar-refractivity contribution is -0.156. The smallest absolute Gasteiger partial charge is 0.326 e. The maximum atomic E-state index is 12.4. The van der Waals surface area contributed by atoms with E-state index in [9.17, 15) is 19.2 Å². The third kappa shape index (κ3) is 4.24. The van der Waals surface area contributed by atoms with Crippen molar-refractivity contribution in [2.45, 2.75) is 57.8 Å². The van der Waals surface area contributed by atoms with Crippen LogP contribution in [-0.2, 0) is 23.9 Å². The molecule has 3 fully saturated rings. The molecule has 3 aliphatic rings. The van der Waals surface area contributed by atoms with Crippen LogP contribution in [0, 0.1) is 11.8 Å². The van der Waals surface area contributed by atoms with E-state index in [1.54, 1.807) is 4.90 Å². The van der Waals surface area contributed by atoms with Gasteiger partial charge in [-0.2, -0.15) is 0 Å². The molecule has 144 valence electrons. The van der Waals surface area contributed by atoms with Crippen molar-refractivity contribution in [2.75, 3.05) is 26.2 Å². The highest BCUT2D eigenvalue weighted by molar-refractivity contribution is 6.07. The van der Waals surface area contributed by atoms with Crippen LogP contribution in [-0.4, -0.2) is 59.7 Å². The maximum absolute atomic E-state index is 12.4. The summed E-state index contributed by atoms with van der Waals surface area (Å²) in [6.45, 7) is 0.700. The molecular formula is C19H28N2O5. The van der Waals surface area contributed by atoms with Gasteiger partial charge in [0, 0.05) is 13.1 Å². The summed E-state index contributed by atoms with van der Waals surface area (Å²) in [5.41, 5.74) is 0. The number of likely N-dealkylation sites (tertiary alicyclic amines) is 2. The Morgan fingerprint density at radius 3 is 1.96 bits per heavy atom. The van der Waals surface area contributed by atoms with Crippen molar-refractivity contribution in [3.63, 3.8) is 0 Å². The van der Waals surface area contributed by atoms with Crippen LogP contribution in [0.3, 0.4) is 0 Å². The molecule has 2 unspecified atom stereocenters. The van der Waals surface area contributed by atoms with E-state index < -0.39 is 5.97 Å². The predicted octanol–water partition coefficient (Wildman–Crippen LogP) is 1.50. The molecule has 26 heavy (non-hydrogen) atoms. The molecule has 2 aliphatic heterocycles. The van der Waals surface area contributed by atoms with E-state index in [-0.39, 0.29) is 42.7 Å². The highest BCUT2D eigenvalue weighted by atomic mass is 16.5. The summed E-state index contributed by atoms with van der Waals surface area (Å²) in [6.07, 6.45) is 8.71. The van der Waals surface area contributed by atoms with Crippen molar-refractivity contribution in [3.8, 4) is 0 Å². The first-order valence-corrected chi connectivity index (χ1v) is 9.86. The number of fused-ring (bicyclic) bond motifs is 1. The molecule has 1 saturated carbocycles. The van der Waals surface area contributed by atoms with Gasteiger partial charge in [0.25, 0.3) is 5.91 Å². The van der Waals surface area contributed by atoms with Crippen LogP contribution < -0.4 is 0 Å². The number of hydrogen-bond acceptors (Lipinski definition) is 5. The Labute approximate surface area is 154 Å². The fraction of sp³-hybridized carbons (Fsp3) is 0.789. The molecule has 0 bridgehead atoms. The highest BCUT2D eigenvalue weighted by Crippen LogP contribution is 2.37. The molecule has 7 nitrogen and oxygen atoms in total. The van der Waals surface area contributed by atoms with Crippen molar-refractivity contribution < 1.29 is 23.9 Å². The van der Waals surface area contributed by atoms with E-state index in [0.29, 0.717) is 25.9 Å². The average Bonchev–Trinajstić information content (AvgIpc) is 2.85. The first-order chi connectivity index (χ1) is 12.6. The average molecular weight is 364 g/mol. The zero-order chi connectivity index (χ0) is 18.5. The molecule has 2 heterocycles. The van der Waals surface area contributed by atoms with Gasteiger partial charge in [-0.25, -0.2) is 0 Å². The summed E-state index contributed by atoms with van der Waals surface area (Å²) in [4.78, 5) is 51.8. The van der Waals surface area contributed by atoms with Crippen molar-refractivity contribution in [1.29, 1.82) is 0 Å². The Morgan fingerprint density at radius 1 is 0.846 bits per heavy atom. The van der Waals surface area contributed by atoms with Gasteiger partial charge in [0.1, 0.15) is 6.54 Å². The Balaban J connectivity index is 1.47. The second kappa shape index (κ2) is 8.64. The van der Waals surface area contributed by atoms with Crippen LogP contribution >= 0.6 is 0 Å². The number of hydrogen-bond donors (Lipinski definition) is 0. The monoisotopic (exact) mass is 364 g/mol. The van der Waals surface area contributed by atoms with Gasteiger partial charge >= 0.3 is 5.97 Å². The van der Waals surface area contributed by atoms with Gasteiger partial charge in [-0.05, 0) is 25.7 Å². The van der Waals surface area contributed by atoms with Crippen LogP contribution in [0.15, 0.2) is 0 Å². The van der Waals surface area contributed by atoms with Crippen LogP contribution in [0.25, 0.3) is 0 Å². The van der Waals surface area contributed by atoms with Gasteiger partial charge in [0.15, 0.2) is 6.61 Å². The minimum atomic E-state index is -0.689. The lowest BCUT2D eigenvalue weighted by Crippen LogP contribution is -2.40. The molecule has 3 rings (SSSR count). The van der Waals surface area contributed by atoms with E-state index in [1.165, 1.54) is 6.42 Å². The van der Waals surface area contributed by atoms with Crippen molar-refractivity contribution in [3.05, 3.63) is 0 Å². The molecule has 2 atom stereocenters. The zero-order valence-electron chi connectivity index (χ0n) is 15.3. The number of imide groups is 1. The SMILES string of the molecule is O=C(CN1C(=O)C2CCCCC2C1=O)OCC(=O)N1CCCCCCC1. The number of amides is 3. The fourth-order valence-corrected chi connectivity index (χ4v) is 4.29. The summed E-state index contributed by atoms with van der Waals surface area (Å²) < 4.78 is 5.06. The number of carbonyl (C=O) groups is 4. The second-order valence-electron chi connectivity index (χ2n) is 7.57. The Hall–Kier alpha value is -1.92. The summed E-state index contributed by atoms with van der Waals surface area (Å²) in [7, 11) is 0. The van der Waals surface area contributed by atoms with E-state index >= 15 is 0 Å². The first kappa shape index (κ1) is 18.9. The molecule has 0 spiro atoms. The first-order valence-electron chi connectivity index (χ1n) is 9.86. The quantitative estimate of drug-likeness (QED) is 0.557. The zero-order valence-corrected chi connectivity index (χ0v) is 15.3. The summed E-state index contributed by atoms with van der Waals surface area (Å²) in [5, 5.41) is 0. The van der Waals surface area contributed by atoms with Gasteiger partial charge in [-0.15, -0.1) is 0 Å². The Morgan fingerprint density at radius 2 is 1.38 bits per heavy atom. The summed E-state index contributed by atoms with van der Waals surface area (Å²) in [5.74, 6) is -1.95. The molecule has 0 N–H and O–H groups in total. The van der Waals surface area contributed by atoms with Gasteiger partial charge < -0.3 is 9.64 Å². The van der Waals surface area contributed by atoms with Gasteiger partial charge in [0.2, 0.25) is 11.8 Å². The largest absolute Gasteiger partial charge is 0.454 e. The minimum absolute atomic E-state index is 0.201. The van der Waals surface area contributed by atoms with E-state index in [2.05, 4.69) is 0 Å². The number of nitrogens with zero attached hydrogens (tertiary/aromatic N) is 2. The second-order valence-corrected chi connectivity index (χ2v) is 7.57. The number of esters is 1. The van der Waals surface area contributed by atoms with E-state index in [4.69, 9.17) is 4.74 Å². The van der Waals surface area contributed by atoms with Crippen LogP contribution in [0.5, 0.6) is 0 Å². The summed E-state index contributed by atoms with van der Waals surface area (Å²) >= 11 is 0. The molecule has 2 saturated heterocycles. The standard InChI is InChI=1S/C19H28N2O5/c22-16(20-10-6-2-1-3-7-11-20)13-26-17(23)12-21-18(24)14-8-4-5-9-15(14)19(21)25/h14-15H,1-13H2. The van der Waals surface area contributed by atoms with E-state index in [1.807, 2.05) is 0 Å².